The fourth-order valence-corrected chi connectivity index (χ4v) is 2.30. The highest BCUT2D eigenvalue weighted by Crippen LogP contribution is 2.37. The minimum atomic E-state index is -0.196. The van der Waals surface area contributed by atoms with Gasteiger partial charge in [-0.15, -0.1) is 0 Å². The number of ether oxygens (including phenoxy) is 1. The van der Waals surface area contributed by atoms with Crippen molar-refractivity contribution in [3.63, 3.8) is 0 Å². The van der Waals surface area contributed by atoms with Crippen LogP contribution in [0.25, 0.3) is 0 Å². The number of benzene rings is 1. The monoisotopic (exact) mass is 335 g/mol. The molecule has 5 heteroatoms. The van der Waals surface area contributed by atoms with Crippen molar-refractivity contribution in [2.75, 3.05) is 25.1 Å². The largest absolute Gasteiger partial charge is 0.491 e. The Bertz CT molecular complexity index is 410. The van der Waals surface area contributed by atoms with Crippen molar-refractivity contribution in [2.45, 2.75) is 20.8 Å². The Kier molecular flexibility index (Phi) is 5.76. The summed E-state index contributed by atoms with van der Waals surface area (Å²) in [7, 11) is 0. The summed E-state index contributed by atoms with van der Waals surface area (Å²) in [5.74, 6) is 0.746. The van der Waals surface area contributed by atoms with E-state index in [9.17, 15) is 5.11 Å². The van der Waals surface area contributed by atoms with Crippen molar-refractivity contribution in [3.8, 4) is 5.75 Å². The topological polar surface area (TPSA) is 41.5 Å². The van der Waals surface area contributed by atoms with Gasteiger partial charge in [-0.1, -0.05) is 25.4 Å². The molecule has 1 aromatic carbocycles. The quantitative estimate of drug-likeness (QED) is 0.827. The number of hydrogen-bond donors (Lipinski definition) is 2. The van der Waals surface area contributed by atoms with Gasteiger partial charge in [-0.3, -0.25) is 0 Å². The second-order valence-corrected chi connectivity index (χ2v) is 6.16. The van der Waals surface area contributed by atoms with E-state index in [-0.39, 0.29) is 12.0 Å². The zero-order valence-corrected chi connectivity index (χ0v) is 13.2. The third kappa shape index (κ3) is 4.34. The van der Waals surface area contributed by atoms with Crippen LogP contribution in [0.2, 0.25) is 5.02 Å². The van der Waals surface area contributed by atoms with Crippen LogP contribution in [0, 0.1) is 5.41 Å². The molecule has 0 aliphatic carbocycles. The molecule has 18 heavy (non-hydrogen) atoms. The molecule has 2 N–H and O–H groups in total. The molecule has 0 aliphatic rings. The Morgan fingerprint density at radius 1 is 1.44 bits per heavy atom. The first kappa shape index (κ1) is 15.6. The minimum Gasteiger partial charge on any atom is -0.491 e. The number of nitrogens with one attached hydrogen (secondary N) is 1. The summed E-state index contributed by atoms with van der Waals surface area (Å²) < 4.78 is 6.41. The maximum absolute atomic E-state index is 9.25. The Labute approximate surface area is 122 Å². The van der Waals surface area contributed by atoms with Gasteiger partial charge < -0.3 is 15.2 Å². The normalized spacial score (nSPS) is 11.4. The Balaban J connectivity index is 2.92. The lowest BCUT2D eigenvalue weighted by Crippen LogP contribution is -2.27. The predicted molar refractivity (Wildman–Crippen MR) is 79.7 cm³/mol. The van der Waals surface area contributed by atoms with Gasteiger partial charge in [0.15, 0.2) is 5.75 Å². The number of halogens is 2. The summed E-state index contributed by atoms with van der Waals surface area (Å²) >= 11 is 9.47. The summed E-state index contributed by atoms with van der Waals surface area (Å²) in [5, 5.41) is 13.2. The van der Waals surface area contributed by atoms with E-state index in [4.69, 9.17) is 16.3 Å². The molecule has 0 spiro atoms. The van der Waals surface area contributed by atoms with Gasteiger partial charge in [-0.25, -0.2) is 0 Å². The molecule has 0 aliphatic heterocycles. The molecule has 0 fully saturated rings. The molecule has 0 radical (unpaired) electrons. The Morgan fingerprint density at radius 2 is 2.11 bits per heavy atom. The fraction of sp³-hybridized carbons (Fsp3) is 0.538. The van der Waals surface area contributed by atoms with Gasteiger partial charge in [0, 0.05) is 23.6 Å². The van der Waals surface area contributed by atoms with Crippen LogP contribution in [0.15, 0.2) is 16.6 Å². The van der Waals surface area contributed by atoms with Gasteiger partial charge in [-0.05, 0) is 35.0 Å². The predicted octanol–water partition coefficient (Wildman–Crippen LogP) is 3.93. The van der Waals surface area contributed by atoms with Crippen LogP contribution in [0.3, 0.4) is 0 Å². The number of rotatable bonds is 6. The molecule has 102 valence electrons. The Hall–Kier alpha value is -0.450. The molecule has 1 rings (SSSR count). The van der Waals surface area contributed by atoms with E-state index in [1.165, 1.54) is 0 Å². The number of hydrogen-bond acceptors (Lipinski definition) is 3. The van der Waals surface area contributed by atoms with E-state index in [1.807, 2.05) is 26.8 Å². The second-order valence-electron chi connectivity index (χ2n) is 4.87. The van der Waals surface area contributed by atoms with Gasteiger partial charge in [0.2, 0.25) is 0 Å². The van der Waals surface area contributed by atoms with E-state index in [0.717, 1.165) is 15.9 Å². The molecule has 0 amide bonds. The smallest absolute Gasteiger partial charge is 0.156 e. The first-order valence-electron chi connectivity index (χ1n) is 5.86. The van der Waals surface area contributed by atoms with Gasteiger partial charge in [0.05, 0.1) is 16.8 Å². The average Bonchev–Trinajstić information content (AvgIpc) is 2.30. The van der Waals surface area contributed by atoms with Gasteiger partial charge >= 0.3 is 0 Å². The van der Waals surface area contributed by atoms with Crippen LogP contribution < -0.4 is 10.1 Å². The molecule has 3 nitrogen and oxygen atoms in total. The number of aliphatic hydroxyl groups excluding tert-OH is 1. The van der Waals surface area contributed by atoms with Crippen molar-refractivity contribution in [2.24, 2.45) is 5.41 Å². The zero-order chi connectivity index (χ0) is 13.8. The maximum atomic E-state index is 9.25. The highest BCUT2D eigenvalue weighted by molar-refractivity contribution is 9.10. The molecule has 0 aromatic heterocycles. The first-order valence-corrected chi connectivity index (χ1v) is 7.03. The lowest BCUT2D eigenvalue weighted by molar-refractivity contribution is 0.170. The van der Waals surface area contributed by atoms with Crippen LogP contribution in [-0.2, 0) is 0 Å². The first-order chi connectivity index (χ1) is 8.39. The lowest BCUT2D eigenvalue weighted by Gasteiger charge is -2.24. The van der Waals surface area contributed by atoms with Crippen molar-refractivity contribution in [3.05, 3.63) is 21.6 Å². The minimum absolute atomic E-state index is 0.117. The molecular weight excluding hydrogens is 318 g/mol. The summed E-state index contributed by atoms with van der Waals surface area (Å²) in [5.41, 5.74) is 0.635. The number of aliphatic hydroxyl groups is 1. The highest BCUT2D eigenvalue weighted by atomic mass is 79.9. The average molecular weight is 337 g/mol. The molecule has 0 saturated heterocycles. The molecule has 0 atom stereocenters. The van der Waals surface area contributed by atoms with E-state index < -0.39 is 0 Å². The fourth-order valence-electron chi connectivity index (χ4n) is 1.37. The molecule has 1 aromatic rings. The molecule has 0 heterocycles. The molecule has 0 saturated carbocycles. The molecule has 0 unspecified atom stereocenters. The summed E-state index contributed by atoms with van der Waals surface area (Å²) in [4.78, 5) is 0. The standard InChI is InChI=1S/C13H19BrClNO2/c1-4-18-12-10(14)5-9(15)6-11(12)16-7-13(2,3)8-17/h5-6,16-17H,4,7-8H2,1-3H3. The van der Waals surface area contributed by atoms with E-state index in [2.05, 4.69) is 21.2 Å². The lowest BCUT2D eigenvalue weighted by atomic mass is 9.95. The van der Waals surface area contributed by atoms with Gasteiger partial charge in [0.1, 0.15) is 0 Å². The molecule has 0 bridgehead atoms. The van der Waals surface area contributed by atoms with Crippen molar-refractivity contribution < 1.29 is 9.84 Å². The Morgan fingerprint density at radius 3 is 2.67 bits per heavy atom. The van der Waals surface area contributed by atoms with Crippen LogP contribution >= 0.6 is 27.5 Å². The summed E-state index contributed by atoms with van der Waals surface area (Å²) in [6.45, 7) is 7.24. The van der Waals surface area contributed by atoms with Crippen LogP contribution in [0.5, 0.6) is 5.75 Å². The SMILES string of the molecule is CCOc1c(Br)cc(Cl)cc1NCC(C)(C)CO. The van der Waals surface area contributed by atoms with Crippen molar-refractivity contribution in [1.29, 1.82) is 0 Å². The zero-order valence-electron chi connectivity index (χ0n) is 10.9. The van der Waals surface area contributed by atoms with Crippen LogP contribution in [-0.4, -0.2) is 24.9 Å². The maximum Gasteiger partial charge on any atom is 0.156 e. The molecular formula is C13H19BrClNO2. The van der Waals surface area contributed by atoms with Crippen LogP contribution in [0.4, 0.5) is 5.69 Å². The third-order valence-electron chi connectivity index (χ3n) is 2.48. The third-order valence-corrected chi connectivity index (χ3v) is 3.29. The summed E-state index contributed by atoms with van der Waals surface area (Å²) in [6.07, 6.45) is 0. The van der Waals surface area contributed by atoms with Crippen LogP contribution in [0.1, 0.15) is 20.8 Å². The van der Waals surface area contributed by atoms with Gasteiger partial charge in [-0.2, -0.15) is 0 Å². The summed E-state index contributed by atoms with van der Waals surface area (Å²) in [6, 6.07) is 3.62. The van der Waals surface area contributed by atoms with Crippen molar-refractivity contribution >= 4 is 33.2 Å². The van der Waals surface area contributed by atoms with E-state index >= 15 is 0 Å². The van der Waals surface area contributed by atoms with Crippen molar-refractivity contribution in [1.82, 2.24) is 0 Å². The highest BCUT2D eigenvalue weighted by Gasteiger charge is 2.18. The number of anilines is 1. The van der Waals surface area contributed by atoms with E-state index in [0.29, 0.717) is 18.2 Å². The second kappa shape index (κ2) is 6.64. The van der Waals surface area contributed by atoms with Gasteiger partial charge in [0.25, 0.3) is 0 Å². The van der Waals surface area contributed by atoms with E-state index in [1.54, 1.807) is 6.07 Å².